The van der Waals surface area contributed by atoms with Gasteiger partial charge in [0.1, 0.15) is 5.75 Å². The first kappa shape index (κ1) is 12.8. The molecule has 1 atom stereocenters. The van der Waals surface area contributed by atoms with Gasteiger partial charge in [-0.3, -0.25) is 0 Å². The maximum absolute atomic E-state index is 5.86. The normalized spacial score (nSPS) is 14.6. The van der Waals surface area contributed by atoms with E-state index in [1.54, 1.807) is 7.11 Å². The summed E-state index contributed by atoms with van der Waals surface area (Å²) in [6.07, 6.45) is 1.81. The maximum Gasteiger partial charge on any atom is 0.209 e. The highest BCUT2D eigenvalue weighted by atomic mass is 16.7. The Morgan fingerprint density at radius 3 is 2.19 bits per heavy atom. The van der Waals surface area contributed by atoms with Crippen molar-refractivity contribution >= 4 is 6.08 Å². The minimum atomic E-state index is -0.588. The predicted molar refractivity (Wildman–Crippen MR) is 67.4 cm³/mol. The van der Waals surface area contributed by atoms with Crippen LogP contribution in [0.25, 0.3) is 6.08 Å². The molecule has 16 heavy (non-hydrogen) atoms. The van der Waals surface area contributed by atoms with Gasteiger partial charge in [-0.05, 0) is 17.7 Å². The fourth-order valence-corrected chi connectivity index (χ4v) is 1.30. The van der Waals surface area contributed by atoms with Crippen molar-refractivity contribution in [1.29, 1.82) is 0 Å². The molecule has 0 aliphatic heterocycles. The van der Waals surface area contributed by atoms with Crippen molar-refractivity contribution in [3.63, 3.8) is 0 Å². The molecule has 0 saturated heterocycles. The first-order valence-electron chi connectivity index (χ1n) is 5.48. The van der Waals surface area contributed by atoms with E-state index in [1.165, 1.54) is 0 Å². The largest absolute Gasteiger partial charge is 0.462 e. The zero-order valence-corrected chi connectivity index (χ0v) is 10.5. The van der Waals surface area contributed by atoms with Crippen LogP contribution in [0, 0.1) is 5.92 Å². The number of rotatable bonds is 5. The van der Waals surface area contributed by atoms with Crippen LogP contribution in [-0.4, -0.2) is 12.9 Å². The van der Waals surface area contributed by atoms with Gasteiger partial charge in [-0.1, -0.05) is 38.6 Å². The standard InChI is InChI=1S/C14H20O2/c1-6-12-7-9-13(10-8-12)16-14(4,15-5)11(2)3/h6-11H,1H2,2-5H3. The average molecular weight is 220 g/mol. The van der Waals surface area contributed by atoms with Gasteiger partial charge in [-0.15, -0.1) is 0 Å². The highest BCUT2D eigenvalue weighted by Gasteiger charge is 2.30. The van der Waals surface area contributed by atoms with Crippen molar-refractivity contribution in [3.8, 4) is 5.75 Å². The van der Waals surface area contributed by atoms with Gasteiger partial charge >= 0.3 is 0 Å². The van der Waals surface area contributed by atoms with Gasteiger partial charge in [0, 0.05) is 20.0 Å². The SMILES string of the molecule is C=Cc1ccc(OC(C)(OC)C(C)C)cc1. The van der Waals surface area contributed by atoms with Crippen LogP contribution >= 0.6 is 0 Å². The Morgan fingerprint density at radius 2 is 1.81 bits per heavy atom. The molecule has 0 saturated carbocycles. The molecule has 88 valence electrons. The van der Waals surface area contributed by atoms with Crippen molar-refractivity contribution in [3.05, 3.63) is 36.4 Å². The second kappa shape index (κ2) is 5.17. The number of methoxy groups -OCH3 is 1. The lowest BCUT2D eigenvalue weighted by Gasteiger charge is -2.32. The summed E-state index contributed by atoms with van der Waals surface area (Å²) in [6.45, 7) is 9.80. The Balaban J connectivity index is 2.82. The van der Waals surface area contributed by atoms with Crippen LogP contribution in [0.5, 0.6) is 5.75 Å². The summed E-state index contributed by atoms with van der Waals surface area (Å²) in [5, 5.41) is 0. The van der Waals surface area contributed by atoms with E-state index in [0.717, 1.165) is 11.3 Å². The van der Waals surface area contributed by atoms with Crippen molar-refractivity contribution in [2.45, 2.75) is 26.6 Å². The Hall–Kier alpha value is -1.28. The van der Waals surface area contributed by atoms with Gasteiger partial charge in [-0.2, -0.15) is 0 Å². The van der Waals surface area contributed by atoms with E-state index in [2.05, 4.69) is 20.4 Å². The molecule has 0 fully saturated rings. The van der Waals surface area contributed by atoms with Crippen LogP contribution in [0.2, 0.25) is 0 Å². The van der Waals surface area contributed by atoms with Gasteiger partial charge in [0.25, 0.3) is 0 Å². The van der Waals surface area contributed by atoms with Crippen LogP contribution in [0.1, 0.15) is 26.3 Å². The molecule has 0 aliphatic rings. The van der Waals surface area contributed by atoms with Crippen LogP contribution in [-0.2, 0) is 4.74 Å². The second-order valence-corrected chi connectivity index (χ2v) is 4.25. The third-order valence-corrected chi connectivity index (χ3v) is 2.89. The molecular formula is C14H20O2. The van der Waals surface area contributed by atoms with E-state index >= 15 is 0 Å². The molecule has 1 aromatic carbocycles. The molecule has 0 N–H and O–H groups in total. The smallest absolute Gasteiger partial charge is 0.209 e. The predicted octanol–water partition coefficient (Wildman–Crippen LogP) is 3.73. The molecule has 0 aromatic heterocycles. The highest BCUT2D eigenvalue weighted by Crippen LogP contribution is 2.26. The fraction of sp³-hybridized carbons (Fsp3) is 0.429. The van der Waals surface area contributed by atoms with Gasteiger partial charge in [0.2, 0.25) is 5.79 Å². The molecule has 0 aliphatic carbocycles. The summed E-state index contributed by atoms with van der Waals surface area (Å²) in [7, 11) is 1.66. The summed E-state index contributed by atoms with van der Waals surface area (Å²) < 4.78 is 11.3. The van der Waals surface area contributed by atoms with Gasteiger partial charge in [0.05, 0.1) is 0 Å². The van der Waals surface area contributed by atoms with Gasteiger partial charge in [0.15, 0.2) is 0 Å². The summed E-state index contributed by atoms with van der Waals surface area (Å²) in [4.78, 5) is 0. The first-order chi connectivity index (χ1) is 7.51. The highest BCUT2D eigenvalue weighted by molar-refractivity contribution is 5.48. The average Bonchev–Trinajstić information content (AvgIpc) is 2.29. The van der Waals surface area contributed by atoms with Crippen molar-refractivity contribution < 1.29 is 9.47 Å². The Bertz CT molecular complexity index is 340. The quantitative estimate of drug-likeness (QED) is 0.704. The molecule has 1 aromatic rings. The zero-order valence-electron chi connectivity index (χ0n) is 10.5. The summed E-state index contributed by atoms with van der Waals surface area (Å²) in [5.41, 5.74) is 1.08. The second-order valence-electron chi connectivity index (χ2n) is 4.25. The molecular weight excluding hydrogens is 200 g/mol. The van der Waals surface area contributed by atoms with E-state index in [4.69, 9.17) is 9.47 Å². The van der Waals surface area contributed by atoms with E-state index in [0.29, 0.717) is 0 Å². The van der Waals surface area contributed by atoms with Crippen LogP contribution < -0.4 is 4.74 Å². The lowest BCUT2D eigenvalue weighted by atomic mass is 10.1. The van der Waals surface area contributed by atoms with Crippen molar-refractivity contribution in [2.75, 3.05) is 7.11 Å². The molecule has 1 rings (SSSR count). The number of ether oxygens (including phenoxy) is 2. The lowest BCUT2D eigenvalue weighted by molar-refractivity contribution is -0.179. The summed E-state index contributed by atoms with van der Waals surface area (Å²) in [5.74, 6) is 0.496. The number of hydrogen-bond acceptors (Lipinski definition) is 2. The minimum absolute atomic E-state index is 0.275. The Morgan fingerprint density at radius 1 is 1.25 bits per heavy atom. The van der Waals surface area contributed by atoms with Crippen molar-refractivity contribution in [2.24, 2.45) is 5.92 Å². The lowest BCUT2D eigenvalue weighted by Crippen LogP contribution is -2.40. The fourth-order valence-electron chi connectivity index (χ4n) is 1.30. The minimum Gasteiger partial charge on any atom is -0.462 e. The van der Waals surface area contributed by atoms with E-state index in [-0.39, 0.29) is 5.92 Å². The molecule has 2 heteroatoms. The van der Waals surface area contributed by atoms with E-state index in [1.807, 2.05) is 37.3 Å². The third kappa shape index (κ3) is 2.86. The first-order valence-corrected chi connectivity index (χ1v) is 5.48. The Kier molecular flexibility index (Phi) is 4.13. The molecule has 2 nitrogen and oxygen atoms in total. The summed E-state index contributed by atoms with van der Waals surface area (Å²) >= 11 is 0. The molecule has 0 spiro atoms. The molecule has 0 heterocycles. The van der Waals surface area contributed by atoms with E-state index in [9.17, 15) is 0 Å². The van der Waals surface area contributed by atoms with Crippen molar-refractivity contribution in [1.82, 2.24) is 0 Å². The zero-order chi connectivity index (χ0) is 12.2. The number of benzene rings is 1. The molecule has 0 amide bonds. The van der Waals surface area contributed by atoms with Gasteiger partial charge < -0.3 is 9.47 Å². The molecule has 1 unspecified atom stereocenters. The van der Waals surface area contributed by atoms with E-state index < -0.39 is 5.79 Å². The monoisotopic (exact) mass is 220 g/mol. The Labute approximate surface area is 97.9 Å². The van der Waals surface area contributed by atoms with Gasteiger partial charge in [-0.25, -0.2) is 0 Å². The van der Waals surface area contributed by atoms with Crippen LogP contribution in [0.15, 0.2) is 30.8 Å². The number of hydrogen-bond donors (Lipinski definition) is 0. The maximum atomic E-state index is 5.86. The molecule has 0 radical (unpaired) electrons. The van der Waals surface area contributed by atoms with Crippen LogP contribution in [0.4, 0.5) is 0 Å². The third-order valence-electron chi connectivity index (χ3n) is 2.89. The summed E-state index contributed by atoms with van der Waals surface area (Å²) in [6, 6.07) is 7.80. The molecule has 0 bridgehead atoms. The topological polar surface area (TPSA) is 18.5 Å². The van der Waals surface area contributed by atoms with Crippen LogP contribution in [0.3, 0.4) is 0 Å².